The zero-order valence-electron chi connectivity index (χ0n) is 11.6. The first-order chi connectivity index (χ1) is 8.02. The SMILES string of the molecule is CC(N)CCCC(=O)NCC(C)(C)NS(C)(=O)=O. The number of rotatable bonds is 8. The lowest BCUT2D eigenvalue weighted by atomic mass is 10.1. The number of hydrogen-bond acceptors (Lipinski definition) is 4. The van der Waals surface area contributed by atoms with E-state index in [0.29, 0.717) is 6.42 Å². The molecule has 0 heterocycles. The van der Waals surface area contributed by atoms with E-state index < -0.39 is 15.6 Å². The summed E-state index contributed by atoms with van der Waals surface area (Å²) in [7, 11) is -3.28. The summed E-state index contributed by atoms with van der Waals surface area (Å²) in [4.78, 5) is 11.5. The van der Waals surface area contributed by atoms with Gasteiger partial charge < -0.3 is 11.1 Å². The van der Waals surface area contributed by atoms with Crippen molar-refractivity contribution in [1.82, 2.24) is 10.0 Å². The first-order valence-electron chi connectivity index (χ1n) is 6.03. The molecule has 0 aromatic carbocycles. The first kappa shape index (κ1) is 17.3. The Morgan fingerprint density at radius 3 is 2.39 bits per heavy atom. The van der Waals surface area contributed by atoms with Gasteiger partial charge in [0.2, 0.25) is 15.9 Å². The molecule has 108 valence electrons. The highest BCUT2D eigenvalue weighted by Gasteiger charge is 2.22. The van der Waals surface area contributed by atoms with Crippen molar-refractivity contribution in [2.24, 2.45) is 5.73 Å². The fourth-order valence-corrected chi connectivity index (χ4v) is 2.61. The Balaban J connectivity index is 3.97. The first-order valence-corrected chi connectivity index (χ1v) is 7.92. The standard InChI is InChI=1S/C11H25N3O3S/c1-9(12)6-5-7-10(15)13-8-11(2,3)14-18(4,16)17/h9,14H,5-8,12H2,1-4H3,(H,13,15). The molecule has 0 aliphatic heterocycles. The molecule has 0 aliphatic rings. The van der Waals surface area contributed by atoms with Crippen molar-refractivity contribution in [2.45, 2.75) is 51.6 Å². The van der Waals surface area contributed by atoms with Crippen LogP contribution in [0.3, 0.4) is 0 Å². The van der Waals surface area contributed by atoms with E-state index >= 15 is 0 Å². The lowest BCUT2D eigenvalue weighted by Crippen LogP contribution is -2.50. The van der Waals surface area contributed by atoms with Gasteiger partial charge in [-0.3, -0.25) is 4.79 Å². The van der Waals surface area contributed by atoms with Gasteiger partial charge in [0.05, 0.1) is 6.26 Å². The second kappa shape index (κ2) is 7.06. The minimum atomic E-state index is -3.28. The summed E-state index contributed by atoms with van der Waals surface area (Å²) >= 11 is 0. The monoisotopic (exact) mass is 279 g/mol. The molecule has 4 N–H and O–H groups in total. The minimum Gasteiger partial charge on any atom is -0.354 e. The largest absolute Gasteiger partial charge is 0.354 e. The molecule has 6 nitrogen and oxygen atoms in total. The molecule has 1 unspecified atom stereocenters. The lowest BCUT2D eigenvalue weighted by Gasteiger charge is -2.25. The lowest BCUT2D eigenvalue weighted by molar-refractivity contribution is -0.121. The Bertz CT molecular complexity index is 364. The summed E-state index contributed by atoms with van der Waals surface area (Å²) in [5, 5.41) is 2.71. The molecule has 1 atom stereocenters. The number of nitrogens with two attached hydrogens (primary N) is 1. The third-order valence-corrected chi connectivity index (χ3v) is 3.18. The number of hydrogen-bond donors (Lipinski definition) is 3. The number of nitrogens with one attached hydrogen (secondary N) is 2. The maximum atomic E-state index is 11.5. The average molecular weight is 279 g/mol. The van der Waals surface area contributed by atoms with Crippen LogP contribution in [-0.4, -0.2) is 38.7 Å². The van der Waals surface area contributed by atoms with E-state index in [1.165, 1.54) is 0 Å². The van der Waals surface area contributed by atoms with E-state index in [-0.39, 0.29) is 18.5 Å². The summed E-state index contributed by atoms with van der Waals surface area (Å²) in [6.07, 6.45) is 3.05. The normalized spacial score (nSPS) is 14.3. The molecule has 0 aromatic heterocycles. The Morgan fingerprint density at radius 1 is 1.39 bits per heavy atom. The number of carbonyl (C=O) groups excluding carboxylic acids is 1. The number of carbonyl (C=O) groups is 1. The number of amides is 1. The summed E-state index contributed by atoms with van der Waals surface area (Å²) in [5.41, 5.74) is 4.89. The summed E-state index contributed by atoms with van der Waals surface area (Å²) in [6.45, 7) is 5.60. The van der Waals surface area contributed by atoms with Crippen molar-refractivity contribution < 1.29 is 13.2 Å². The van der Waals surface area contributed by atoms with Gasteiger partial charge in [-0.25, -0.2) is 13.1 Å². The van der Waals surface area contributed by atoms with Gasteiger partial charge in [-0.2, -0.15) is 0 Å². The molecule has 18 heavy (non-hydrogen) atoms. The van der Waals surface area contributed by atoms with Gasteiger partial charge in [0.15, 0.2) is 0 Å². The van der Waals surface area contributed by atoms with Crippen LogP contribution in [0, 0.1) is 0 Å². The molecule has 1 amide bonds. The van der Waals surface area contributed by atoms with Gasteiger partial charge in [0.1, 0.15) is 0 Å². The second-order valence-corrected chi connectivity index (χ2v) is 7.15. The summed E-state index contributed by atoms with van der Waals surface area (Å²) < 4.78 is 24.7. The van der Waals surface area contributed by atoms with Crippen molar-refractivity contribution in [1.29, 1.82) is 0 Å². The molecule has 0 spiro atoms. The Labute approximate surface area is 110 Å². The molecule has 0 aliphatic carbocycles. The van der Waals surface area contributed by atoms with E-state index in [0.717, 1.165) is 19.1 Å². The second-order valence-electron chi connectivity index (χ2n) is 5.40. The van der Waals surface area contributed by atoms with Crippen LogP contribution in [0.25, 0.3) is 0 Å². The van der Waals surface area contributed by atoms with Crippen molar-refractivity contribution in [3.63, 3.8) is 0 Å². The van der Waals surface area contributed by atoms with Crippen LogP contribution in [0.15, 0.2) is 0 Å². The fraction of sp³-hybridized carbons (Fsp3) is 0.909. The van der Waals surface area contributed by atoms with Gasteiger partial charge in [-0.15, -0.1) is 0 Å². The number of sulfonamides is 1. The van der Waals surface area contributed by atoms with Crippen LogP contribution in [0.1, 0.15) is 40.0 Å². The highest BCUT2D eigenvalue weighted by atomic mass is 32.2. The van der Waals surface area contributed by atoms with Crippen LogP contribution >= 0.6 is 0 Å². The molecule has 0 radical (unpaired) electrons. The third kappa shape index (κ3) is 10.5. The van der Waals surface area contributed by atoms with Crippen LogP contribution in [0.5, 0.6) is 0 Å². The topological polar surface area (TPSA) is 101 Å². The van der Waals surface area contributed by atoms with Crippen molar-refractivity contribution in [3.05, 3.63) is 0 Å². The van der Waals surface area contributed by atoms with Gasteiger partial charge in [-0.1, -0.05) is 0 Å². The summed E-state index contributed by atoms with van der Waals surface area (Å²) in [5.74, 6) is -0.0842. The van der Waals surface area contributed by atoms with Gasteiger partial charge in [0, 0.05) is 24.5 Å². The quantitative estimate of drug-likeness (QED) is 0.579. The van der Waals surface area contributed by atoms with Crippen molar-refractivity contribution >= 4 is 15.9 Å². The van der Waals surface area contributed by atoms with Crippen LogP contribution in [-0.2, 0) is 14.8 Å². The van der Waals surface area contributed by atoms with E-state index in [1.54, 1.807) is 13.8 Å². The average Bonchev–Trinajstić information content (AvgIpc) is 2.10. The van der Waals surface area contributed by atoms with E-state index in [9.17, 15) is 13.2 Å². The highest BCUT2D eigenvalue weighted by Crippen LogP contribution is 2.03. The molecule has 0 aromatic rings. The van der Waals surface area contributed by atoms with Gasteiger partial charge in [-0.05, 0) is 33.6 Å². The van der Waals surface area contributed by atoms with Gasteiger partial charge in [0.25, 0.3) is 0 Å². The highest BCUT2D eigenvalue weighted by molar-refractivity contribution is 7.88. The zero-order valence-corrected chi connectivity index (χ0v) is 12.4. The third-order valence-electron chi connectivity index (χ3n) is 2.25. The Morgan fingerprint density at radius 2 is 1.94 bits per heavy atom. The maximum Gasteiger partial charge on any atom is 0.220 e. The Hall–Kier alpha value is -0.660. The molecular weight excluding hydrogens is 254 g/mol. The van der Waals surface area contributed by atoms with Crippen molar-refractivity contribution in [3.8, 4) is 0 Å². The fourth-order valence-electron chi connectivity index (χ4n) is 1.53. The predicted molar refractivity (Wildman–Crippen MR) is 72.6 cm³/mol. The molecule has 0 rings (SSSR count). The predicted octanol–water partition coefficient (Wildman–Crippen LogP) is -0.0521. The molecule has 7 heteroatoms. The molecule has 0 saturated heterocycles. The smallest absolute Gasteiger partial charge is 0.220 e. The van der Waals surface area contributed by atoms with Crippen LogP contribution < -0.4 is 15.8 Å². The minimum absolute atomic E-state index is 0.0842. The van der Waals surface area contributed by atoms with Gasteiger partial charge >= 0.3 is 0 Å². The Kier molecular flexibility index (Phi) is 6.80. The molecule has 0 fully saturated rings. The van der Waals surface area contributed by atoms with Crippen molar-refractivity contribution in [2.75, 3.05) is 12.8 Å². The molecule has 0 bridgehead atoms. The van der Waals surface area contributed by atoms with E-state index in [2.05, 4.69) is 10.0 Å². The molecular formula is C11H25N3O3S. The van der Waals surface area contributed by atoms with E-state index in [4.69, 9.17) is 5.73 Å². The van der Waals surface area contributed by atoms with Crippen LogP contribution in [0.2, 0.25) is 0 Å². The molecule has 0 saturated carbocycles. The van der Waals surface area contributed by atoms with Crippen LogP contribution in [0.4, 0.5) is 0 Å². The zero-order chi connectivity index (χ0) is 14.4. The maximum absolute atomic E-state index is 11.5. The summed E-state index contributed by atoms with van der Waals surface area (Å²) in [6, 6.07) is 0.0983. The van der Waals surface area contributed by atoms with E-state index in [1.807, 2.05) is 6.92 Å².